The summed E-state index contributed by atoms with van der Waals surface area (Å²) in [6.45, 7) is 1.41. The van der Waals surface area contributed by atoms with Crippen LogP contribution in [0.3, 0.4) is 0 Å². The molecule has 0 radical (unpaired) electrons. The van der Waals surface area contributed by atoms with E-state index in [1.165, 1.54) is 12.8 Å². The number of likely N-dealkylation sites (tertiary alicyclic amines) is 1. The molecular formula is C15H26ClN3O2. The molecule has 3 fully saturated rings. The number of hydrogen-bond donors (Lipinski definition) is 2. The maximum Gasteiger partial charge on any atom is 0.227 e. The number of carbonyl (C=O) groups is 2. The molecule has 1 saturated heterocycles. The highest BCUT2D eigenvalue weighted by Gasteiger charge is 2.50. The van der Waals surface area contributed by atoms with Crippen molar-refractivity contribution in [2.24, 2.45) is 29.4 Å². The lowest BCUT2D eigenvalue weighted by atomic mass is 9.83. The van der Waals surface area contributed by atoms with E-state index in [9.17, 15) is 9.59 Å². The molecule has 120 valence electrons. The smallest absolute Gasteiger partial charge is 0.227 e. The molecular weight excluding hydrogens is 290 g/mol. The van der Waals surface area contributed by atoms with Crippen molar-refractivity contribution in [3.63, 3.8) is 0 Å². The highest BCUT2D eigenvalue weighted by Crippen LogP contribution is 2.48. The van der Waals surface area contributed by atoms with Crippen LogP contribution in [0.4, 0.5) is 0 Å². The Morgan fingerprint density at radius 1 is 1.10 bits per heavy atom. The fourth-order valence-electron chi connectivity index (χ4n) is 4.48. The van der Waals surface area contributed by atoms with Gasteiger partial charge in [-0.25, -0.2) is 0 Å². The van der Waals surface area contributed by atoms with Crippen molar-refractivity contribution in [3.8, 4) is 0 Å². The van der Waals surface area contributed by atoms with Gasteiger partial charge in [0, 0.05) is 32.1 Å². The second-order valence-electron chi connectivity index (χ2n) is 6.65. The molecule has 0 aromatic rings. The van der Waals surface area contributed by atoms with Crippen LogP contribution < -0.4 is 11.1 Å². The van der Waals surface area contributed by atoms with Crippen LogP contribution in [-0.4, -0.2) is 42.9 Å². The number of rotatable bonds is 2. The van der Waals surface area contributed by atoms with Crippen molar-refractivity contribution in [2.75, 3.05) is 20.1 Å². The number of hydrogen-bond acceptors (Lipinski definition) is 3. The minimum absolute atomic E-state index is 0. The van der Waals surface area contributed by atoms with E-state index in [0.29, 0.717) is 24.9 Å². The highest BCUT2D eigenvalue weighted by atomic mass is 35.5. The molecule has 0 spiro atoms. The summed E-state index contributed by atoms with van der Waals surface area (Å²) in [5.41, 5.74) is 6.26. The summed E-state index contributed by atoms with van der Waals surface area (Å²) in [7, 11) is 1.67. The van der Waals surface area contributed by atoms with Crippen LogP contribution in [0.5, 0.6) is 0 Å². The predicted molar refractivity (Wildman–Crippen MR) is 82.9 cm³/mol. The summed E-state index contributed by atoms with van der Waals surface area (Å²) in [5, 5.41) is 2.70. The van der Waals surface area contributed by atoms with Crippen molar-refractivity contribution in [1.82, 2.24) is 10.2 Å². The van der Waals surface area contributed by atoms with Crippen LogP contribution in [-0.2, 0) is 9.59 Å². The molecule has 3 rings (SSSR count). The normalized spacial score (nSPS) is 35.4. The Labute approximate surface area is 132 Å². The van der Waals surface area contributed by atoms with Crippen LogP contribution in [0.15, 0.2) is 0 Å². The van der Waals surface area contributed by atoms with Gasteiger partial charge in [0.25, 0.3) is 0 Å². The zero-order chi connectivity index (χ0) is 14.3. The predicted octanol–water partition coefficient (Wildman–Crippen LogP) is 0.766. The van der Waals surface area contributed by atoms with E-state index in [1.54, 1.807) is 7.05 Å². The Hall–Kier alpha value is -0.810. The topological polar surface area (TPSA) is 75.4 Å². The molecule has 1 aliphatic heterocycles. The van der Waals surface area contributed by atoms with E-state index in [1.807, 2.05) is 4.90 Å². The zero-order valence-electron chi connectivity index (χ0n) is 12.6. The second-order valence-corrected chi connectivity index (χ2v) is 6.65. The third-order valence-electron chi connectivity index (χ3n) is 5.69. The fourth-order valence-corrected chi connectivity index (χ4v) is 4.48. The van der Waals surface area contributed by atoms with Crippen LogP contribution in [0.1, 0.15) is 32.1 Å². The third kappa shape index (κ3) is 2.90. The van der Waals surface area contributed by atoms with E-state index in [2.05, 4.69) is 5.32 Å². The number of piperidine rings is 1. The van der Waals surface area contributed by atoms with E-state index in [0.717, 1.165) is 19.3 Å². The number of nitrogens with two attached hydrogens (primary N) is 1. The molecule has 2 bridgehead atoms. The number of nitrogens with zero attached hydrogens (tertiary/aromatic N) is 1. The summed E-state index contributed by atoms with van der Waals surface area (Å²) in [6, 6.07) is 0.0675. The number of amides is 2. The van der Waals surface area contributed by atoms with Gasteiger partial charge in [-0.15, -0.1) is 12.4 Å². The first-order valence-corrected chi connectivity index (χ1v) is 7.87. The highest BCUT2D eigenvalue weighted by molar-refractivity contribution is 5.85. The van der Waals surface area contributed by atoms with Gasteiger partial charge in [-0.1, -0.05) is 0 Å². The lowest BCUT2D eigenvalue weighted by Gasteiger charge is -2.36. The van der Waals surface area contributed by atoms with Gasteiger partial charge in [-0.3, -0.25) is 9.59 Å². The molecule has 3 aliphatic rings. The van der Waals surface area contributed by atoms with Crippen molar-refractivity contribution in [3.05, 3.63) is 0 Å². The molecule has 2 amide bonds. The summed E-state index contributed by atoms with van der Waals surface area (Å²) in [4.78, 5) is 26.3. The van der Waals surface area contributed by atoms with Crippen molar-refractivity contribution in [1.29, 1.82) is 0 Å². The first-order chi connectivity index (χ1) is 9.61. The van der Waals surface area contributed by atoms with Crippen LogP contribution in [0, 0.1) is 23.7 Å². The molecule has 0 aromatic carbocycles. The number of fused-ring (bicyclic) bond motifs is 2. The lowest BCUT2D eigenvalue weighted by molar-refractivity contribution is -0.141. The molecule has 4 atom stereocenters. The third-order valence-corrected chi connectivity index (χ3v) is 5.69. The Kier molecular flexibility index (Phi) is 5.15. The monoisotopic (exact) mass is 315 g/mol. The van der Waals surface area contributed by atoms with Crippen LogP contribution in [0.25, 0.3) is 0 Å². The van der Waals surface area contributed by atoms with Gasteiger partial charge in [0.2, 0.25) is 11.8 Å². The Balaban J connectivity index is 0.00000161. The van der Waals surface area contributed by atoms with Crippen LogP contribution in [0.2, 0.25) is 0 Å². The van der Waals surface area contributed by atoms with Gasteiger partial charge >= 0.3 is 0 Å². The summed E-state index contributed by atoms with van der Waals surface area (Å²) < 4.78 is 0. The van der Waals surface area contributed by atoms with Crippen molar-refractivity contribution >= 4 is 24.2 Å². The summed E-state index contributed by atoms with van der Waals surface area (Å²) in [5.74, 6) is 1.55. The van der Waals surface area contributed by atoms with E-state index in [4.69, 9.17) is 5.73 Å². The van der Waals surface area contributed by atoms with Gasteiger partial charge < -0.3 is 16.0 Å². The van der Waals surface area contributed by atoms with Gasteiger partial charge in [0.1, 0.15) is 0 Å². The van der Waals surface area contributed by atoms with E-state index < -0.39 is 0 Å². The molecule has 6 heteroatoms. The van der Waals surface area contributed by atoms with E-state index >= 15 is 0 Å². The van der Waals surface area contributed by atoms with Gasteiger partial charge in [0.05, 0.1) is 5.92 Å². The minimum Gasteiger partial charge on any atom is -0.359 e. The zero-order valence-corrected chi connectivity index (χ0v) is 13.4. The Morgan fingerprint density at radius 3 is 2.24 bits per heavy atom. The van der Waals surface area contributed by atoms with Gasteiger partial charge in [-0.05, 0) is 43.9 Å². The maximum atomic E-state index is 12.7. The number of halogens is 1. The quantitative estimate of drug-likeness (QED) is 0.790. The Bertz CT molecular complexity index is 408. The number of nitrogens with one attached hydrogen (secondary N) is 1. The molecule has 2 saturated carbocycles. The van der Waals surface area contributed by atoms with Gasteiger partial charge in [-0.2, -0.15) is 0 Å². The maximum absolute atomic E-state index is 12.7. The summed E-state index contributed by atoms with van der Waals surface area (Å²) >= 11 is 0. The van der Waals surface area contributed by atoms with Crippen LogP contribution >= 0.6 is 12.4 Å². The fraction of sp³-hybridized carbons (Fsp3) is 0.867. The lowest BCUT2D eigenvalue weighted by Crippen LogP contribution is -2.50. The molecule has 1 heterocycles. The van der Waals surface area contributed by atoms with Crippen molar-refractivity contribution < 1.29 is 9.59 Å². The van der Waals surface area contributed by atoms with Crippen molar-refractivity contribution in [2.45, 2.75) is 38.1 Å². The molecule has 21 heavy (non-hydrogen) atoms. The molecule has 3 N–H and O–H groups in total. The van der Waals surface area contributed by atoms with E-state index in [-0.39, 0.29) is 42.1 Å². The minimum atomic E-state index is 0. The average molecular weight is 316 g/mol. The SMILES string of the molecule is CNC(=O)C1CCN(C(=O)C2C3CCC(C3)C2N)CC1.Cl. The molecule has 4 unspecified atom stereocenters. The standard InChI is InChI=1S/C15H25N3O2.ClH/c1-17-14(19)9-4-6-18(7-5-9)15(20)12-10-2-3-11(8-10)13(12)16;/h9-13H,2-8,16H2,1H3,(H,17,19);1H. The first kappa shape index (κ1) is 16.6. The van der Waals surface area contributed by atoms with Gasteiger partial charge in [0.15, 0.2) is 0 Å². The Morgan fingerprint density at radius 2 is 1.71 bits per heavy atom. The first-order valence-electron chi connectivity index (χ1n) is 7.87. The average Bonchev–Trinajstić information content (AvgIpc) is 3.07. The summed E-state index contributed by atoms with van der Waals surface area (Å²) in [6.07, 6.45) is 5.08. The molecule has 5 nitrogen and oxygen atoms in total. The number of carbonyl (C=O) groups excluding carboxylic acids is 2. The molecule has 2 aliphatic carbocycles. The second kappa shape index (κ2) is 6.53. The molecule has 0 aromatic heterocycles. The largest absolute Gasteiger partial charge is 0.359 e.